The van der Waals surface area contributed by atoms with Crippen LogP contribution in [-0.4, -0.2) is 17.7 Å². The number of hydrogen-bond donors (Lipinski definition) is 0. The smallest absolute Gasteiger partial charge is 0.330 e. The van der Waals surface area contributed by atoms with E-state index in [9.17, 15) is 4.79 Å². The molecule has 3 aromatic rings. The lowest BCUT2D eigenvalue weighted by atomic mass is 9.98. The van der Waals surface area contributed by atoms with Crippen LogP contribution in [0.3, 0.4) is 0 Å². The maximum Gasteiger partial charge on any atom is 0.330 e. The Morgan fingerprint density at radius 1 is 1.04 bits per heavy atom. The number of rotatable bonds is 7. The monoisotopic (exact) mass is 376 g/mol. The third-order valence-electron chi connectivity index (χ3n) is 5.00. The standard InChI is InChI=1S/C25H28O3/c1-6-24(26)28-25(4,5)16-17(2)27-18(3)21-14-13-20-12-11-19-9-7-8-10-22(19)23(20)15-21/h6-15,17-18H,1,16H2,2-5H3. The highest BCUT2D eigenvalue weighted by Crippen LogP contribution is 2.30. The van der Waals surface area contributed by atoms with E-state index in [1.807, 2.05) is 20.8 Å². The molecule has 0 heterocycles. The highest BCUT2D eigenvalue weighted by Gasteiger charge is 2.26. The fourth-order valence-corrected chi connectivity index (χ4v) is 3.80. The van der Waals surface area contributed by atoms with Crippen molar-refractivity contribution in [1.29, 1.82) is 0 Å². The van der Waals surface area contributed by atoms with Crippen molar-refractivity contribution in [3.63, 3.8) is 0 Å². The van der Waals surface area contributed by atoms with Gasteiger partial charge in [-0.1, -0.05) is 55.1 Å². The van der Waals surface area contributed by atoms with E-state index in [1.165, 1.54) is 27.6 Å². The Morgan fingerprint density at radius 3 is 2.39 bits per heavy atom. The zero-order valence-corrected chi connectivity index (χ0v) is 17.1. The van der Waals surface area contributed by atoms with E-state index in [0.29, 0.717) is 6.42 Å². The molecule has 0 spiro atoms. The average Bonchev–Trinajstić information content (AvgIpc) is 2.66. The molecule has 146 valence electrons. The van der Waals surface area contributed by atoms with E-state index in [2.05, 4.69) is 68.1 Å². The molecule has 0 bridgehead atoms. The van der Waals surface area contributed by atoms with Crippen molar-refractivity contribution in [2.45, 2.75) is 51.9 Å². The van der Waals surface area contributed by atoms with Gasteiger partial charge in [0.1, 0.15) is 5.60 Å². The molecule has 3 aromatic carbocycles. The summed E-state index contributed by atoms with van der Waals surface area (Å²) in [6, 6.07) is 19.2. The summed E-state index contributed by atoms with van der Waals surface area (Å²) in [5, 5.41) is 4.94. The molecule has 0 radical (unpaired) electrons. The van der Waals surface area contributed by atoms with Crippen molar-refractivity contribution >= 4 is 27.5 Å². The molecule has 2 atom stereocenters. The number of benzene rings is 3. The Bertz CT molecular complexity index is 1000. The maximum atomic E-state index is 11.5. The summed E-state index contributed by atoms with van der Waals surface area (Å²) in [4.78, 5) is 11.5. The van der Waals surface area contributed by atoms with Crippen LogP contribution in [0.4, 0.5) is 0 Å². The predicted octanol–water partition coefficient (Wildman–Crippen LogP) is 6.36. The average molecular weight is 376 g/mol. The van der Waals surface area contributed by atoms with Crippen molar-refractivity contribution in [1.82, 2.24) is 0 Å². The second kappa shape index (κ2) is 8.15. The van der Waals surface area contributed by atoms with Gasteiger partial charge in [-0.25, -0.2) is 4.79 Å². The number of carbonyl (C=O) groups excluding carboxylic acids is 1. The normalized spacial score (nSPS) is 14.0. The quantitative estimate of drug-likeness (QED) is 0.273. The van der Waals surface area contributed by atoms with Crippen molar-refractivity contribution in [2.75, 3.05) is 0 Å². The topological polar surface area (TPSA) is 35.5 Å². The van der Waals surface area contributed by atoms with Crippen LogP contribution < -0.4 is 0 Å². The van der Waals surface area contributed by atoms with Crippen molar-refractivity contribution in [3.8, 4) is 0 Å². The van der Waals surface area contributed by atoms with E-state index in [-0.39, 0.29) is 12.2 Å². The third kappa shape index (κ3) is 4.60. The fraction of sp³-hybridized carbons (Fsp3) is 0.320. The Balaban J connectivity index is 1.77. The van der Waals surface area contributed by atoms with Gasteiger partial charge >= 0.3 is 5.97 Å². The molecular formula is C25H28O3. The molecule has 0 saturated heterocycles. The number of carbonyl (C=O) groups is 1. The van der Waals surface area contributed by atoms with Gasteiger partial charge in [0.05, 0.1) is 12.2 Å². The zero-order chi connectivity index (χ0) is 20.3. The van der Waals surface area contributed by atoms with Gasteiger partial charge in [0.15, 0.2) is 0 Å². The van der Waals surface area contributed by atoms with E-state index in [4.69, 9.17) is 9.47 Å². The molecule has 3 rings (SSSR count). The zero-order valence-electron chi connectivity index (χ0n) is 17.1. The molecule has 0 aliphatic rings. The van der Waals surface area contributed by atoms with Crippen LogP contribution in [-0.2, 0) is 14.3 Å². The third-order valence-corrected chi connectivity index (χ3v) is 5.00. The first-order chi connectivity index (χ1) is 13.3. The SMILES string of the molecule is C=CC(=O)OC(C)(C)CC(C)OC(C)c1ccc2ccc3ccccc3c2c1. The molecule has 2 unspecified atom stereocenters. The van der Waals surface area contributed by atoms with E-state index in [0.717, 1.165) is 5.56 Å². The first-order valence-electron chi connectivity index (χ1n) is 9.71. The Hall–Kier alpha value is -2.65. The van der Waals surface area contributed by atoms with Gasteiger partial charge in [-0.2, -0.15) is 0 Å². The minimum absolute atomic E-state index is 0.0640. The molecule has 0 aliphatic carbocycles. The fourth-order valence-electron chi connectivity index (χ4n) is 3.80. The summed E-state index contributed by atoms with van der Waals surface area (Å²) in [5.41, 5.74) is 0.529. The van der Waals surface area contributed by atoms with Crippen LogP contribution in [0.25, 0.3) is 21.5 Å². The van der Waals surface area contributed by atoms with Gasteiger partial charge in [-0.3, -0.25) is 0 Å². The van der Waals surface area contributed by atoms with Crippen molar-refractivity contribution < 1.29 is 14.3 Å². The summed E-state index contributed by atoms with van der Waals surface area (Å²) in [7, 11) is 0. The number of hydrogen-bond acceptors (Lipinski definition) is 3. The molecule has 0 saturated carbocycles. The highest BCUT2D eigenvalue weighted by molar-refractivity contribution is 6.07. The number of fused-ring (bicyclic) bond motifs is 3. The van der Waals surface area contributed by atoms with Crippen LogP contribution in [0.15, 0.2) is 67.3 Å². The van der Waals surface area contributed by atoms with Crippen LogP contribution in [0.5, 0.6) is 0 Å². The number of ether oxygens (including phenoxy) is 2. The Kier molecular flexibility index (Phi) is 5.85. The molecule has 0 aliphatic heterocycles. The first kappa shape index (κ1) is 20.1. The van der Waals surface area contributed by atoms with E-state index in [1.54, 1.807) is 0 Å². The van der Waals surface area contributed by atoms with Crippen molar-refractivity contribution in [3.05, 3.63) is 72.8 Å². The molecule has 3 heteroatoms. The lowest BCUT2D eigenvalue weighted by Crippen LogP contribution is -2.32. The first-order valence-corrected chi connectivity index (χ1v) is 9.71. The molecular weight excluding hydrogens is 348 g/mol. The van der Waals surface area contributed by atoms with Crippen LogP contribution in [0.1, 0.15) is 45.8 Å². The van der Waals surface area contributed by atoms with E-state index >= 15 is 0 Å². The predicted molar refractivity (Wildman–Crippen MR) is 115 cm³/mol. The van der Waals surface area contributed by atoms with Gasteiger partial charge in [0, 0.05) is 12.5 Å². The van der Waals surface area contributed by atoms with Gasteiger partial charge < -0.3 is 9.47 Å². The molecule has 0 amide bonds. The lowest BCUT2D eigenvalue weighted by molar-refractivity contribution is -0.154. The highest BCUT2D eigenvalue weighted by atomic mass is 16.6. The minimum atomic E-state index is -0.607. The van der Waals surface area contributed by atoms with Crippen LogP contribution in [0, 0.1) is 0 Å². The molecule has 0 N–H and O–H groups in total. The molecule has 3 nitrogen and oxygen atoms in total. The van der Waals surface area contributed by atoms with Crippen LogP contribution >= 0.6 is 0 Å². The van der Waals surface area contributed by atoms with Gasteiger partial charge in [0.2, 0.25) is 0 Å². The largest absolute Gasteiger partial charge is 0.456 e. The molecule has 0 fully saturated rings. The summed E-state index contributed by atoms with van der Waals surface area (Å²) in [5.74, 6) is -0.411. The Labute approximate surface area is 167 Å². The lowest BCUT2D eigenvalue weighted by Gasteiger charge is -2.29. The summed E-state index contributed by atoms with van der Waals surface area (Å²) >= 11 is 0. The number of esters is 1. The summed E-state index contributed by atoms with van der Waals surface area (Å²) < 4.78 is 11.6. The molecule has 28 heavy (non-hydrogen) atoms. The van der Waals surface area contributed by atoms with Gasteiger partial charge in [-0.05, 0) is 60.9 Å². The van der Waals surface area contributed by atoms with Crippen molar-refractivity contribution in [2.24, 2.45) is 0 Å². The second-order valence-corrected chi connectivity index (χ2v) is 7.95. The minimum Gasteiger partial charge on any atom is -0.456 e. The Morgan fingerprint density at radius 2 is 1.68 bits per heavy atom. The molecule has 0 aromatic heterocycles. The maximum absolute atomic E-state index is 11.5. The summed E-state index contributed by atoms with van der Waals surface area (Å²) in [6.45, 7) is 11.3. The second-order valence-electron chi connectivity index (χ2n) is 7.95. The summed E-state index contributed by atoms with van der Waals surface area (Å²) in [6.07, 6.45) is 1.66. The van der Waals surface area contributed by atoms with Gasteiger partial charge in [-0.15, -0.1) is 0 Å². The van der Waals surface area contributed by atoms with E-state index < -0.39 is 11.6 Å². The van der Waals surface area contributed by atoms with Gasteiger partial charge in [0.25, 0.3) is 0 Å². The van der Waals surface area contributed by atoms with Crippen LogP contribution in [0.2, 0.25) is 0 Å².